The molecule has 1 aliphatic rings. The van der Waals surface area contributed by atoms with Crippen molar-refractivity contribution in [3.8, 4) is 0 Å². The Balaban J connectivity index is 2.29. The van der Waals surface area contributed by atoms with E-state index in [0.29, 0.717) is 10.8 Å². The third kappa shape index (κ3) is 2.48. The number of hydrogen-bond donors (Lipinski definition) is 0. The van der Waals surface area contributed by atoms with Crippen LogP contribution in [0.3, 0.4) is 0 Å². The summed E-state index contributed by atoms with van der Waals surface area (Å²) in [4.78, 5) is 22.6. The first-order valence-corrected chi connectivity index (χ1v) is 6.56. The molecule has 1 aromatic rings. The fourth-order valence-electron chi connectivity index (χ4n) is 2.28. The largest absolute Gasteiger partial charge is 0.334 e. The van der Waals surface area contributed by atoms with Gasteiger partial charge in [-0.1, -0.05) is 32.4 Å². The molecule has 5 heteroatoms. The summed E-state index contributed by atoms with van der Waals surface area (Å²) in [5, 5.41) is 0.399. The summed E-state index contributed by atoms with van der Waals surface area (Å²) in [5.41, 5.74) is 0.339. The van der Waals surface area contributed by atoms with Crippen LogP contribution in [0.4, 0.5) is 0 Å². The van der Waals surface area contributed by atoms with Crippen LogP contribution in [-0.2, 0) is 4.79 Å². The Bertz CT molecular complexity index is 456. The summed E-state index contributed by atoms with van der Waals surface area (Å²) in [6.45, 7) is 6.57. The number of nitrogens with zero attached hydrogens (tertiary/aromatic N) is 3. The highest BCUT2D eigenvalue weighted by Gasteiger charge is 2.37. The maximum Gasteiger partial charge on any atom is 0.228 e. The van der Waals surface area contributed by atoms with E-state index < -0.39 is 0 Å². The predicted molar refractivity (Wildman–Crippen MR) is 70.2 cm³/mol. The number of aromatic nitrogens is 2. The molecule has 0 bridgehead atoms. The van der Waals surface area contributed by atoms with Gasteiger partial charge in [-0.25, -0.2) is 4.98 Å². The van der Waals surface area contributed by atoms with E-state index in [9.17, 15) is 4.79 Å². The molecule has 1 amide bonds. The van der Waals surface area contributed by atoms with Crippen molar-refractivity contribution in [2.24, 2.45) is 5.41 Å². The van der Waals surface area contributed by atoms with Crippen LogP contribution >= 0.6 is 11.6 Å². The van der Waals surface area contributed by atoms with Gasteiger partial charge in [0.05, 0.1) is 6.04 Å². The van der Waals surface area contributed by atoms with Gasteiger partial charge < -0.3 is 4.90 Å². The maximum atomic E-state index is 12.4. The van der Waals surface area contributed by atoms with E-state index in [1.807, 2.05) is 25.7 Å². The Morgan fingerprint density at radius 1 is 1.39 bits per heavy atom. The topological polar surface area (TPSA) is 46.1 Å². The summed E-state index contributed by atoms with van der Waals surface area (Å²) in [5.74, 6) is 0.145. The second kappa shape index (κ2) is 4.84. The molecular formula is C13H18ClN3O. The van der Waals surface area contributed by atoms with Gasteiger partial charge in [-0.2, -0.15) is 0 Å². The average Bonchev–Trinajstić information content (AvgIpc) is 2.76. The first-order valence-electron chi connectivity index (χ1n) is 6.19. The molecule has 98 valence electrons. The van der Waals surface area contributed by atoms with Gasteiger partial charge in [0.15, 0.2) is 5.15 Å². The van der Waals surface area contributed by atoms with Crippen molar-refractivity contribution in [1.29, 1.82) is 0 Å². The van der Waals surface area contributed by atoms with Gasteiger partial charge in [-0.05, 0) is 12.8 Å². The van der Waals surface area contributed by atoms with Gasteiger partial charge in [0.2, 0.25) is 5.91 Å². The lowest BCUT2D eigenvalue weighted by Crippen LogP contribution is -2.39. The Morgan fingerprint density at radius 3 is 2.67 bits per heavy atom. The second-order valence-electron chi connectivity index (χ2n) is 5.64. The van der Waals surface area contributed by atoms with Crippen molar-refractivity contribution < 1.29 is 4.79 Å². The molecule has 0 aliphatic carbocycles. The van der Waals surface area contributed by atoms with Crippen molar-refractivity contribution in [3.05, 3.63) is 23.2 Å². The van der Waals surface area contributed by atoms with Crippen molar-refractivity contribution in [2.45, 2.75) is 39.7 Å². The van der Waals surface area contributed by atoms with E-state index in [4.69, 9.17) is 11.6 Å². The first kappa shape index (κ1) is 13.3. The fraction of sp³-hybridized carbons (Fsp3) is 0.615. The lowest BCUT2D eigenvalue weighted by Gasteiger charge is -2.30. The van der Waals surface area contributed by atoms with E-state index in [2.05, 4.69) is 9.97 Å². The Morgan fingerprint density at radius 2 is 2.06 bits per heavy atom. The fourth-order valence-corrected chi connectivity index (χ4v) is 2.51. The molecule has 0 spiro atoms. The molecule has 4 nitrogen and oxygen atoms in total. The molecular weight excluding hydrogens is 250 g/mol. The van der Waals surface area contributed by atoms with Crippen LogP contribution in [0.2, 0.25) is 5.15 Å². The number of hydrogen-bond acceptors (Lipinski definition) is 3. The number of carbonyl (C=O) groups is 1. The normalized spacial score (nSPS) is 20.2. The van der Waals surface area contributed by atoms with Crippen molar-refractivity contribution in [3.63, 3.8) is 0 Å². The molecule has 0 N–H and O–H groups in total. The number of amides is 1. The minimum atomic E-state index is -0.378. The summed E-state index contributed by atoms with van der Waals surface area (Å²) >= 11 is 6.08. The first-order chi connectivity index (χ1) is 8.41. The van der Waals surface area contributed by atoms with Gasteiger partial charge in [0.1, 0.15) is 5.69 Å². The van der Waals surface area contributed by atoms with Crippen LogP contribution < -0.4 is 0 Å². The lowest BCUT2D eigenvalue weighted by molar-refractivity contribution is -0.140. The molecule has 1 aromatic heterocycles. The molecule has 18 heavy (non-hydrogen) atoms. The summed E-state index contributed by atoms with van der Waals surface area (Å²) in [6, 6.07) is -0.0297. The molecule has 1 aliphatic heterocycles. The Kier molecular flexibility index (Phi) is 3.57. The van der Waals surface area contributed by atoms with Gasteiger partial charge in [-0.3, -0.25) is 9.78 Å². The molecule has 1 fully saturated rings. The average molecular weight is 268 g/mol. The number of carbonyl (C=O) groups excluding carboxylic acids is 1. The molecule has 1 saturated heterocycles. The van der Waals surface area contributed by atoms with E-state index in [0.717, 1.165) is 19.4 Å². The quantitative estimate of drug-likeness (QED) is 0.786. The predicted octanol–water partition coefficient (Wildman–Crippen LogP) is 2.84. The SMILES string of the molecule is CC(C)(C)C(=O)N1CCC[C@H]1c1nccnc1Cl. The highest BCUT2D eigenvalue weighted by molar-refractivity contribution is 6.30. The van der Waals surface area contributed by atoms with Crippen LogP contribution in [0.25, 0.3) is 0 Å². The second-order valence-corrected chi connectivity index (χ2v) is 6.00. The summed E-state index contributed by atoms with van der Waals surface area (Å²) in [7, 11) is 0. The third-order valence-corrected chi connectivity index (χ3v) is 3.44. The van der Waals surface area contributed by atoms with E-state index in [-0.39, 0.29) is 17.4 Å². The van der Waals surface area contributed by atoms with E-state index in [1.54, 1.807) is 12.4 Å². The van der Waals surface area contributed by atoms with Crippen molar-refractivity contribution in [2.75, 3.05) is 6.54 Å². The smallest absolute Gasteiger partial charge is 0.228 e. The van der Waals surface area contributed by atoms with Gasteiger partial charge in [0.25, 0.3) is 0 Å². The maximum absolute atomic E-state index is 12.4. The molecule has 1 atom stereocenters. The number of likely N-dealkylation sites (tertiary alicyclic amines) is 1. The highest BCUT2D eigenvalue weighted by Crippen LogP contribution is 2.36. The molecule has 0 unspecified atom stereocenters. The zero-order valence-electron chi connectivity index (χ0n) is 11.0. The number of rotatable bonds is 1. The van der Waals surface area contributed by atoms with Crippen LogP contribution in [0.5, 0.6) is 0 Å². The van der Waals surface area contributed by atoms with Crippen LogP contribution in [0.15, 0.2) is 12.4 Å². The molecule has 0 aromatic carbocycles. The van der Waals surface area contributed by atoms with Crippen LogP contribution in [0, 0.1) is 5.41 Å². The minimum absolute atomic E-state index is 0.0297. The monoisotopic (exact) mass is 267 g/mol. The molecule has 2 rings (SSSR count). The Labute approximate surface area is 112 Å². The molecule has 0 saturated carbocycles. The van der Waals surface area contributed by atoms with Crippen molar-refractivity contribution >= 4 is 17.5 Å². The summed E-state index contributed by atoms with van der Waals surface area (Å²) < 4.78 is 0. The number of halogens is 1. The van der Waals surface area contributed by atoms with E-state index >= 15 is 0 Å². The zero-order valence-corrected chi connectivity index (χ0v) is 11.7. The highest BCUT2D eigenvalue weighted by atomic mass is 35.5. The lowest BCUT2D eigenvalue weighted by atomic mass is 9.94. The van der Waals surface area contributed by atoms with Gasteiger partial charge in [0, 0.05) is 24.4 Å². The third-order valence-electron chi connectivity index (χ3n) is 3.15. The van der Waals surface area contributed by atoms with Crippen molar-refractivity contribution in [1.82, 2.24) is 14.9 Å². The van der Waals surface area contributed by atoms with E-state index in [1.165, 1.54) is 0 Å². The standard InChI is InChI=1S/C13H18ClN3O/c1-13(2,3)12(18)17-8-4-5-9(17)10-11(14)16-7-6-15-10/h6-7,9H,4-5,8H2,1-3H3/t9-/m0/s1. The molecule has 2 heterocycles. The Hall–Kier alpha value is -1.16. The van der Waals surface area contributed by atoms with Crippen LogP contribution in [0.1, 0.15) is 45.3 Å². The minimum Gasteiger partial charge on any atom is -0.334 e. The van der Waals surface area contributed by atoms with Gasteiger partial charge >= 0.3 is 0 Å². The summed E-state index contributed by atoms with van der Waals surface area (Å²) in [6.07, 6.45) is 5.08. The van der Waals surface area contributed by atoms with Gasteiger partial charge in [-0.15, -0.1) is 0 Å². The van der Waals surface area contributed by atoms with Crippen LogP contribution in [-0.4, -0.2) is 27.3 Å². The zero-order chi connectivity index (χ0) is 13.3. The molecule has 0 radical (unpaired) electrons.